The Kier molecular flexibility index (Phi) is 6.04. The molecule has 2 N–H and O–H groups in total. The minimum Gasteiger partial charge on any atom is -0.507 e. The number of carbonyl (C=O) groups excluding carboxylic acids is 2. The van der Waals surface area contributed by atoms with E-state index in [2.05, 4.69) is 0 Å². The summed E-state index contributed by atoms with van der Waals surface area (Å²) in [4.78, 5) is 39.8. The molecular formula is C25H23N3O6. The fourth-order valence-corrected chi connectivity index (χ4v) is 4.13. The number of non-ortho nitro benzene ring substituents is 1. The van der Waals surface area contributed by atoms with Crippen LogP contribution in [-0.4, -0.2) is 63.8 Å². The van der Waals surface area contributed by atoms with Crippen molar-refractivity contribution in [2.45, 2.75) is 6.04 Å². The highest BCUT2D eigenvalue weighted by Gasteiger charge is 2.46. The molecule has 0 aromatic heterocycles. The summed E-state index contributed by atoms with van der Waals surface area (Å²) in [5.41, 5.74) is 0.144. The fraction of sp³-hybridized carbons (Fsp3) is 0.200. The van der Waals surface area contributed by atoms with E-state index in [1.165, 1.54) is 35.2 Å². The number of likely N-dealkylation sites (N-methyl/N-ethyl adjacent to an activating group) is 1. The van der Waals surface area contributed by atoms with Crippen LogP contribution in [0.25, 0.3) is 16.5 Å². The number of benzene rings is 3. The molecule has 0 spiro atoms. The number of fused-ring (bicyclic) bond motifs is 1. The molecular weight excluding hydrogens is 438 g/mol. The Morgan fingerprint density at radius 3 is 2.38 bits per heavy atom. The summed E-state index contributed by atoms with van der Waals surface area (Å²) in [5.74, 6) is -2.38. The first-order chi connectivity index (χ1) is 16.2. The monoisotopic (exact) mass is 461 g/mol. The summed E-state index contributed by atoms with van der Waals surface area (Å²) in [6.45, 7) is 0.650. The zero-order valence-corrected chi connectivity index (χ0v) is 18.6. The largest absolute Gasteiger partial charge is 0.507 e. The van der Waals surface area contributed by atoms with Gasteiger partial charge in [0.1, 0.15) is 11.5 Å². The van der Waals surface area contributed by atoms with E-state index in [-0.39, 0.29) is 29.1 Å². The molecule has 9 heteroatoms. The molecule has 4 rings (SSSR count). The van der Waals surface area contributed by atoms with Crippen molar-refractivity contribution in [1.29, 1.82) is 0 Å². The third kappa shape index (κ3) is 3.97. The number of rotatable bonds is 6. The average molecular weight is 461 g/mol. The average Bonchev–Trinajstić information content (AvgIpc) is 3.07. The van der Waals surface area contributed by atoms with Gasteiger partial charge in [-0.05, 0) is 43.2 Å². The highest BCUT2D eigenvalue weighted by molar-refractivity contribution is 6.46. The molecule has 0 radical (unpaired) electrons. The normalized spacial score (nSPS) is 17.6. The van der Waals surface area contributed by atoms with Gasteiger partial charge in [0.2, 0.25) is 0 Å². The predicted molar refractivity (Wildman–Crippen MR) is 126 cm³/mol. The van der Waals surface area contributed by atoms with E-state index < -0.39 is 28.4 Å². The smallest absolute Gasteiger partial charge is 0.295 e. The maximum absolute atomic E-state index is 13.1. The molecule has 1 atom stereocenters. The molecule has 0 saturated carbocycles. The second-order valence-electron chi connectivity index (χ2n) is 8.33. The quantitative estimate of drug-likeness (QED) is 0.189. The number of phenols is 1. The van der Waals surface area contributed by atoms with Gasteiger partial charge < -0.3 is 20.0 Å². The van der Waals surface area contributed by atoms with E-state index in [1.807, 2.05) is 25.1 Å². The second-order valence-corrected chi connectivity index (χ2v) is 8.33. The third-order valence-electron chi connectivity index (χ3n) is 5.90. The lowest BCUT2D eigenvalue weighted by molar-refractivity contribution is -0.384. The lowest BCUT2D eigenvalue weighted by atomic mass is 9.94. The molecule has 1 heterocycles. The zero-order chi connectivity index (χ0) is 24.6. The highest BCUT2D eigenvalue weighted by atomic mass is 16.6. The molecule has 0 bridgehead atoms. The van der Waals surface area contributed by atoms with E-state index in [0.29, 0.717) is 17.5 Å². The number of Topliss-reactive ketones (excluding diaryl/α,β-unsaturated/α-hetero) is 1. The molecule has 1 aliphatic rings. The highest BCUT2D eigenvalue weighted by Crippen LogP contribution is 2.42. The van der Waals surface area contributed by atoms with Gasteiger partial charge in [-0.15, -0.1) is 0 Å². The number of nitrogens with zero attached hydrogens (tertiary/aromatic N) is 3. The number of aliphatic hydroxyl groups is 1. The van der Waals surface area contributed by atoms with Crippen LogP contribution in [0, 0.1) is 10.1 Å². The van der Waals surface area contributed by atoms with E-state index >= 15 is 0 Å². The number of phenolic OH excluding ortho intramolecular Hbond substituents is 1. The van der Waals surface area contributed by atoms with Crippen LogP contribution < -0.4 is 0 Å². The van der Waals surface area contributed by atoms with Gasteiger partial charge in [0.05, 0.1) is 22.1 Å². The van der Waals surface area contributed by atoms with Crippen molar-refractivity contribution >= 4 is 33.9 Å². The van der Waals surface area contributed by atoms with E-state index in [1.54, 1.807) is 24.3 Å². The Balaban J connectivity index is 1.89. The van der Waals surface area contributed by atoms with E-state index in [0.717, 1.165) is 5.39 Å². The Hall–Kier alpha value is -4.24. The molecule has 3 aromatic carbocycles. The molecule has 174 valence electrons. The van der Waals surface area contributed by atoms with E-state index in [4.69, 9.17) is 0 Å². The maximum atomic E-state index is 13.1. The van der Waals surface area contributed by atoms with Crippen LogP contribution in [0.3, 0.4) is 0 Å². The first-order valence-electron chi connectivity index (χ1n) is 10.6. The summed E-state index contributed by atoms with van der Waals surface area (Å²) in [7, 11) is 3.65. The summed E-state index contributed by atoms with van der Waals surface area (Å²) in [6, 6.07) is 14.8. The Bertz CT molecular complexity index is 1330. The SMILES string of the molecule is CN(C)CCN1C(=O)C(=O)/C(=C(/O)c2ccc3ccccc3c2O)C1c1ccc([N+](=O)[O-])cc1. The van der Waals surface area contributed by atoms with Crippen LogP contribution in [0.15, 0.2) is 66.2 Å². The molecule has 9 nitrogen and oxygen atoms in total. The van der Waals surface area contributed by atoms with Gasteiger partial charge in [-0.2, -0.15) is 0 Å². The molecule has 34 heavy (non-hydrogen) atoms. The first kappa shape index (κ1) is 22.9. The van der Waals surface area contributed by atoms with Crippen molar-refractivity contribution in [3.63, 3.8) is 0 Å². The summed E-state index contributed by atoms with van der Waals surface area (Å²) >= 11 is 0. The fourth-order valence-electron chi connectivity index (χ4n) is 4.13. The summed E-state index contributed by atoms with van der Waals surface area (Å²) < 4.78 is 0. The maximum Gasteiger partial charge on any atom is 0.295 e. The van der Waals surface area contributed by atoms with Gasteiger partial charge in [0.15, 0.2) is 0 Å². The van der Waals surface area contributed by atoms with Crippen molar-refractivity contribution in [3.05, 3.63) is 87.5 Å². The standard InChI is InChI=1S/C25H23N3O6/c1-26(2)13-14-27-21(16-7-10-17(11-8-16)28(33)34)20(24(31)25(27)32)23(30)19-12-9-15-5-3-4-6-18(15)22(19)29/h3-12,21,29-30H,13-14H2,1-2H3/b23-20+. The van der Waals surface area contributed by atoms with Gasteiger partial charge >= 0.3 is 0 Å². The van der Waals surface area contributed by atoms with Crippen molar-refractivity contribution in [2.24, 2.45) is 0 Å². The minimum atomic E-state index is -0.966. The van der Waals surface area contributed by atoms with Crippen molar-refractivity contribution < 1.29 is 24.7 Å². The van der Waals surface area contributed by atoms with Gasteiger partial charge in [0, 0.05) is 30.6 Å². The lowest BCUT2D eigenvalue weighted by Gasteiger charge is -2.26. The molecule has 1 aliphatic heterocycles. The lowest BCUT2D eigenvalue weighted by Crippen LogP contribution is -2.35. The van der Waals surface area contributed by atoms with Crippen LogP contribution in [0.2, 0.25) is 0 Å². The molecule has 1 unspecified atom stereocenters. The van der Waals surface area contributed by atoms with E-state index in [9.17, 15) is 29.9 Å². The van der Waals surface area contributed by atoms with Crippen molar-refractivity contribution in [3.8, 4) is 5.75 Å². The topological polar surface area (TPSA) is 124 Å². The second kappa shape index (κ2) is 8.95. The third-order valence-corrected chi connectivity index (χ3v) is 5.90. The van der Waals surface area contributed by atoms with Crippen LogP contribution >= 0.6 is 0 Å². The Labute approximate surface area is 195 Å². The predicted octanol–water partition coefficient (Wildman–Crippen LogP) is 3.44. The number of hydrogen-bond donors (Lipinski definition) is 2. The van der Waals surface area contributed by atoms with Gasteiger partial charge in [0.25, 0.3) is 17.4 Å². The Morgan fingerprint density at radius 2 is 1.74 bits per heavy atom. The number of aromatic hydroxyl groups is 1. The molecule has 3 aromatic rings. The van der Waals surface area contributed by atoms with Gasteiger partial charge in [-0.3, -0.25) is 19.7 Å². The summed E-state index contributed by atoms with van der Waals surface area (Å²) in [5, 5.41) is 34.4. The number of ketones is 1. The minimum absolute atomic E-state index is 0.0243. The van der Waals surface area contributed by atoms with Crippen molar-refractivity contribution in [2.75, 3.05) is 27.2 Å². The molecule has 1 amide bonds. The number of carbonyl (C=O) groups is 2. The zero-order valence-electron chi connectivity index (χ0n) is 18.6. The van der Waals surface area contributed by atoms with Crippen LogP contribution in [0.4, 0.5) is 5.69 Å². The number of nitro groups is 1. The van der Waals surface area contributed by atoms with Crippen LogP contribution in [0.1, 0.15) is 17.2 Å². The summed E-state index contributed by atoms with van der Waals surface area (Å²) in [6.07, 6.45) is 0. The van der Waals surface area contributed by atoms with Crippen LogP contribution in [-0.2, 0) is 9.59 Å². The number of nitro benzene ring substituents is 1. The molecule has 0 aliphatic carbocycles. The number of likely N-dealkylation sites (tertiary alicyclic amines) is 1. The number of amides is 1. The number of hydrogen-bond acceptors (Lipinski definition) is 7. The number of aliphatic hydroxyl groups excluding tert-OH is 1. The Morgan fingerprint density at radius 1 is 1.06 bits per heavy atom. The van der Waals surface area contributed by atoms with Crippen molar-refractivity contribution in [1.82, 2.24) is 9.80 Å². The van der Waals surface area contributed by atoms with Crippen LogP contribution in [0.5, 0.6) is 5.75 Å². The molecule has 1 fully saturated rings. The molecule has 1 saturated heterocycles. The van der Waals surface area contributed by atoms with Gasteiger partial charge in [-0.25, -0.2) is 0 Å². The first-order valence-corrected chi connectivity index (χ1v) is 10.6. The van der Waals surface area contributed by atoms with Gasteiger partial charge in [-0.1, -0.05) is 30.3 Å².